The lowest BCUT2D eigenvalue weighted by Gasteiger charge is -2.04. The number of benzene rings is 2. The van der Waals surface area contributed by atoms with Gasteiger partial charge in [0, 0.05) is 12.1 Å². The average molecular weight is 248 g/mol. The van der Waals surface area contributed by atoms with Crippen LogP contribution in [0, 0.1) is 20.2 Å². The Hall–Kier alpha value is -2.90. The van der Waals surface area contributed by atoms with Crippen LogP contribution in [-0.2, 0) is 0 Å². The second kappa shape index (κ2) is 3.84. The van der Waals surface area contributed by atoms with Crippen LogP contribution in [0.25, 0.3) is 10.8 Å². The van der Waals surface area contributed by atoms with Crippen LogP contribution in [0.2, 0.25) is 0 Å². The summed E-state index contributed by atoms with van der Waals surface area (Å²) >= 11 is 0. The number of anilines is 2. The van der Waals surface area contributed by atoms with Crippen LogP contribution in [0.4, 0.5) is 22.7 Å². The lowest BCUT2D eigenvalue weighted by atomic mass is 10.1. The van der Waals surface area contributed by atoms with Gasteiger partial charge in [0.1, 0.15) is 0 Å². The standard InChI is InChI=1S/C10H8N4O4/c11-7-1-5-3-9(13(15)16)10(14(17)18)4-6(5)2-8(7)12/h1-4H,11-12H2. The van der Waals surface area contributed by atoms with Crippen LogP contribution in [0.3, 0.4) is 0 Å². The Morgan fingerprint density at radius 2 is 1.11 bits per heavy atom. The lowest BCUT2D eigenvalue weighted by molar-refractivity contribution is -0.422. The van der Waals surface area contributed by atoms with E-state index in [0.29, 0.717) is 10.8 Å². The molecule has 0 aliphatic carbocycles. The Bertz CT molecular complexity index is 625. The Morgan fingerprint density at radius 3 is 1.39 bits per heavy atom. The lowest BCUT2D eigenvalue weighted by Crippen LogP contribution is -1.98. The highest BCUT2D eigenvalue weighted by molar-refractivity contribution is 5.94. The first-order valence-corrected chi connectivity index (χ1v) is 4.81. The third-order valence-corrected chi connectivity index (χ3v) is 2.53. The molecule has 0 heterocycles. The van der Waals surface area contributed by atoms with Gasteiger partial charge in [0.2, 0.25) is 0 Å². The first-order chi connectivity index (χ1) is 8.40. The molecule has 18 heavy (non-hydrogen) atoms. The number of nitrogens with zero attached hydrogens (tertiary/aromatic N) is 2. The molecular weight excluding hydrogens is 240 g/mol. The van der Waals surface area contributed by atoms with Gasteiger partial charge in [-0.15, -0.1) is 0 Å². The van der Waals surface area contributed by atoms with Gasteiger partial charge in [-0.05, 0) is 22.9 Å². The highest BCUT2D eigenvalue weighted by Gasteiger charge is 2.24. The van der Waals surface area contributed by atoms with Gasteiger partial charge in [-0.2, -0.15) is 0 Å². The van der Waals surface area contributed by atoms with Crippen molar-refractivity contribution >= 4 is 33.5 Å². The van der Waals surface area contributed by atoms with Crippen molar-refractivity contribution in [1.29, 1.82) is 0 Å². The van der Waals surface area contributed by atoms with Crippen LogP contribution in [0.5, 0.6) is 0 Å². The van der Waals surface area contributed by atoms with Crippen molar-refractivity contribution < 1.29 is 9.85 Å². The van der Waals surface area contributed by atoms with Crippen LogP contribution < -0.4 is 11.5 Å². The summed E-state index contributed by atoms with van der Waals surface area (Å²) in [4.78, 5) is 19.9. The molecule has 0 saturated carbocycles. The van der Waals surface area contributed by atoms with Crippen molar-refractivity contribution in [3.05, 3.63) is 44.5 Å². The van der Waals surface area contributed by atoms with Crippen molar-refractivity contribution in [2.24, 2.45) is 0 Å². The molecule has 0 saturated heterocycles. The summed E-state index contributed by atoms with van der Waals surface area (Å²) in [5.41, 5.74) is 10.6. The number of fused-ring (bicyclic) bond motifs is 1. The molecule has 0 aromatic heterocycles. The highest BCUT2D eigenvalue weighted by atomic mass is 16.6. The molecule has 0 fully saturated rings. The van der Waals surface area contributed by atoms with E-state index in [2.05, 4.69) is 0 Å². The SMILES string of the molecule is Nc1cc2cc([N+](=O)[O-])c([N+](=O)[O-])cc2cc1N. The molecule has 2 aromatic carbocycles. The third kappa shape index (κ3) is 1.75. The maximum absolute atomic E-state index is 10.8. The van der Waals surface area contributed by atoms with Crippen molar-refractivity contribution in [2.45, 2.75) is 0 Å². The van der Waals surface area contributed by atoms with Crippen molar-refractivity contribution in [1.82, 2.24) is 0 Å². The Kier molecular flexibility index (Phi) is 2.47. The normalized spacial score (nSPS) is 10.4. The van der Waals surface area contributed by atoms with Crippen LogP contribution in [0.15, 0.2) is 24.3 Å². The minimum Gasteiger partial charge on any atom is -0.397 e. The van der Waals surface area contributed by atoms with E-state index in [4.69, 9.17) is 11.5 Å². The van der Waals surface area contributed by atoms with E-state index in [1.807, 2.05) is 0 Å². The largest absolute Gasteiger partial charge is 0.397 e. The number of nitro benzene ring substituents is 2. The van der Waals surface area contributed by atoms with Gasteiger partial charge in [-0.1, -0.05) is 0 Å². The Morgan fingerprint density at radius 1 is 0.778 bits per heavy atom. The van der Waals surface area contributed by atoms with E-state index >= 15 is 0 Å². The van der Waals surface area contributed by atoms with Gasteiger partial charge in [0.15, 0.2) is 0 Å². The molecule has 8 nitrogen and oxygen atoms in total. The molecular formula is C10H8N4O4. The number of nitrogen functional groups attached to an aromatic ring is 2. The van der Waals surface area contributed by atoms with Crippen LogP contribution >= 0.6 is 0 Å². The fourth-order valence-electron chi connectivity index (χ4n) is 1.65. The zero-order valence-corrected chi connectivity index (χ0v) is 8.99. The fraction of sp³-hybridized carbons (Fsp3) is 0. The maximum atomic E-state index is 10.8. The molecule has 8 heteroatoms. The van der Waals surface area contributed by atoms with Gasteiger partial charge in [-0.3, -0.25) is 20.2 Å². The molecule has 2 rings (SSSR count). The second-order valence-electron chi connectivity index (χ2n) is 3.68. The summed E-state index contributed by atoms with van der Waals surface area (Å²) in [6.45, 7) is 0. The first-order valence-electron chi connectivity index (χ1n) is 4.81. The predicted molar refractivity (Wildman–Crippen MR) is 66.1 cm³/mol. The summed E-state index contributed by atoms with van der Waals surface area (Å²) in [5, 5.41) is 22.4. The summed E-state index contributed by atoms with van der Waals surface area (Å²) in [7, 11) is 0. The minimum atomic E-state index is -0.801. The number of rotatable bonds is 2. The van der Waals surface area contributed by atoms with Crippen LogP contribution in [0.1, 0.15) is 0 Å². The third-order valence-electron chi connectivity index (χ3n) is 2.53. The molecule has 0 unspecified atom stereocenters. The first kappa shape index (κ1) is 11.6. The van der Waals surface area contributed by atoms with Gasteiger partial charge < -0.3 is 11.5 Å². The van der Waals surface area contributed by atoms with Gasteiger partial charge in [-0.25, -0.2) is 0 Å². The Labute approximate surface area is 100 Å². The molecule has 92 valence electrons. The monoisotopic (exact) mass is 248 g/mol. The van der Waals surface area contributed by atoms with E-state index in [9.17, 15) is 20.2 Å². The number of hydrogen-bond donors (Lipinski definition) is 2. The van der Waals surface area contributed by atoms with Gasteiger partial charge in [0.25, 0.3) is 0 Å². The molecule has 0 aliphatic heterocycles. The highest BCUT2D eigenvalue weighted by Crippen LogP contribution is 2.34. The van der Waals surface area contributed by atoms with E-state index in [0.717, 1.165) is 12.1 Å². The van der Waals surface area contributed by atoms with Crippen molar-refractivity contribution in [3.63, 3.8) is 0 Å². The van der Waals surface area contributed by atoms with E-state index < -0.39 is 21.2 Å². The quantitative estimate of drug-likeness (QED) is 0.472. The van der Waals surface area contributed by atoms with Crippen molar-refractivity contribution in [2.75, 3.05) is 11.5 Å². The van der Waals surface area contributed by atoms with Gasteiger partial charge >= 0.3 is 11.4 Å². The van der Waals surface area contributed by atoms with Crippen molar-refractivity contribution in [3.8, 4) is 0 Å². The van der Waals surface area contributed by atoms with E-state index in [1.54, 1.807) is 0 Å². The second-order valence-corrected chi connectivity index (χ2v) is 3.68. The zero-order valence-electron chi connectivity index (χ0n) is 8.99. The van der Waals surface area contributed by atoms with E-state index in [1.165, 1.54) is 12.1 Å². The van der Waals surface area contributed by atoms with E-state index in [-0.39, 0.29) is 11.4 Å². The molecule has 0 atom stereocenters. The summed E-state index contributed by atoms with van der Waals surface area (Å²) < 4.78 is 0. The predicted octanol–water partition coefficient (Wildman–Crippen LogP) is 1.82. The average Bonchev–Trinajstić information content (AvgIpc) is 2.28. The minimum absolute atomic E-state index is 0.269. The number of nitrogens with two attached hydrogens (primary N) is 2. The fourth-order valence-corrected chi connectivity index (χ4v) is 1.65. The molecule has 2 aromatic rings. The zero-order chi connectivity index (χ0) is 13.4. The maximum Gasteiger partial charge on any atom is 0.346 e. The smallest absolute Gasteiger partial charge is 0.346 e. The summed E-state index contributed by atoms with van der Waals surface area (Å²) in [6.07, 6.45) is 0. The molecule has 0 spiro atoms. The number of nitro groups is 2. The summed E-state index contributed by atoms with van der Waals surface area (Å²) in [6, 6.07) is 5.12. The van der Waals surface area contributed by atoms with Crippen LogP contribution in [-0.4, -0.2) is 9.85 Å². The molecule has 0 bridgehead atoms. The summed E-state index contributed by atoms with van der Waals surface area (Å²) in [5.74, 6) is 0. The molecule has 0 amide bonds. The molecule has 4 N–H and O–H groups in total. The topological polar surface area (TPSA) is 138 Å². The Balaban J connectivity index is 2.84. The number of hydrogen-bond acceptors (Lipinski definition) is 6. The molecule has 0 radical (unpaired) electrons. The van der Waals surface area contributed by atoms with Gasteiger partial charge in [0.05, 0.1) is 21.2 Å². The molecule has 0 aliphatic rings.